The average Bonchev–Trinajstić information content (AvgIpc) is 3.23. The molecule has 4 aromatic rings. The largest absolute Gasteiger partial charge is 0.451 e. The van der Waals surface area contributed by atoms with Crippen LogP contribution in [0.4, 0.5) is 5.69 Å². The molecule has 1 amide bonds. The maximum Gasteiger partial charge on any atom is 0.291 e. The number of carbonyl (C=O) groups excluding carboxylic acids is 1. The smallest absolute Gasteiger partial charge is 0.291 e. The first kappa shape index (κ1) is 15.5. The fraction of sp³-hybridized carbons (Fsp3) is 0.0526. The van der Waals surface area contributed by atoms with Crippen LogP contribution in [0.5, 0.6) is 0 Å². The fourth-order valence-electron chi connectivity index (χ4n) is 2.45. The molecule has 0 bridgehead atoms. The molecule has 5 nitrogen and oxygen atoms in total. The summed E-state index contributed by atoms with van der Waals surface area (Å²) in [4.78, 5) is 17.7. The quantitative estimate of drug-likeness (QED) is 0.586. The number of benzene rings is 2. The second-order valence-corrected chi connectivity index (χ2v) is 6.59. The standard InChI is InChI=1S/C19H15N3O2S/c1-22-11-10-20-19(22)25-15-8-6-14(7-9-15)21-18(23)17-12-13-4-2-3-5-16(13)24-17/h2-12H,1H3,(H,21,23). The molecule has 0 saturated heterocycles. The number of imidazole rings is 1. The molecule has 2 heterocycles. The maximum absolute atomic E-state index is 12.3. The molecule has 0 saturated carbocycles. The number of furan rings is 1. The third-order valence-corrected chi connectivity index (χ3v) is 4.83. The van der Waals surface area contributed by atoms with Crippen molar-refractivity contribution in [1.29, 1.82) is 0 Å². The molecular formula is C19H15N3O2S. The summed E-state index contributed by atoms with van der Waals surface area (Å²) in [6, 6.07) is 16.9. The van der Waals surface area contributed by atoms with Crippen LogP contribution in [0.3, 0.4) is 0 Å². The number of nitrogens with zero attached hydrogens (tertiary/aromatic N) is 2. The van der Waals surface area contributed by atoms with Gasteiger partial charge in [0.05, 0.1) is 0 Å². The Morgan fingerprint density at radius 1 is 1.16 bits per heavy atom. The highest BCUT2D eigenvalue weighted by atomic mass is 32.2. The molecule has 0 unspecified atom stereocenters. The van der Waals surface area contributed by atoms with Gasteiger partial charge in [0.25, 0.3) is 5.91 Å². The molecule has 0 aliphatic heterocycles. The molecule has 6 heteroatoms. The molecule has 1 N–H and O–H groups in total. The lowest BCUT2D eigenvalue weighted by Gasteiger charge is -2.05. The third kappa shape index (κ3) is 3.29. The number of aryl methyl sites for hydroxylation is 1. The lowest BCUT2D eigenvalue weighted by molar-refractivity contribution is 0.0998. The van der Waals surface area contributed by atoms with E-state index in [1.165, 1.54) is 0 Å². The number of anilines is 1. The number of rotatable bonds is 4. The molecular weight excluding hydrogens is 334 g/mol. The molecule has 4 rings (SSSR count). The predicted octanol–water partition coefficient (Wildman–Crippen LogP) is 4.57. The molecule has 0 radical (unpaired) electrons. The topological polar surface area (TPSA) is 60.1 Å². The first-order chi connectivity index (χ1) is 12.2. The minimum absolute atomic E-state index is 0.263. The summed E-state index contributed by atoms with van der Waals surface area (Å²) >= 11 is 1.57. The van der Waals surface area contributed by atoms with Crippen molar-refractivity contribution >= 4 is 34.3 Å². The van der Waals surface area contributed by atoms with E-state index in [4.69, 9.17) is 4.42 Å². The third-order valence-electron chi connectivity index (χ3n) is 3.75. The van der Waals surface area contributed by atoms with E-state index in [2.05, 4.69) is 10.3 Å². The molecule has 2 aromatic heterocycles. The predicted molar refractivity (Wildman–Crippen MR) is 97.9 cm³/mol. The van der Waals surface area contributed by atoms with Crippen molar-refractivity contribution in [3.63, 3.8) is 0 Å². The van der Waals surface area contributed by atoms with E-state index in [9.17, 15) is 4.79 Å². The summed E-state index contributed by atoms with van der Waals surface area (Å²) in [5.41, 5.74) is 1.42. The molecule has 0 aliphatic carbocycles. The highest BCUT2D eigenvalue weighted by molar-refractivity contribution is 7.99. The lowest BCUT2D eigenvalue weighted by Crippen LogP contribution is -2.10. The van der Waals surface area contributed by atoms with E-state index in [1.807, 2.05) is 66.3 Å². The van der Waals surface area contributed by atoms with Gasteiger partial charge in [-0.1, -0.05) is 30.0 Å². The Morgan fingerprint density at radius 3 is 2.68 bits per heavy atom. The van der Waals surface area contributed by atoms with E-state index in [1.54, 1.807) is 24.0 Å². The van der Waals surface area contributed by atoms with E-state index >= 15 is 0 Å². The monoisotopic (exact) mass is 349 g/mol. The Hall–Kier alpha value is -2.99. The summed E-state index contributed by atoms with van der Waals surface area (Å²) in [5.74, 6) is 0.0355. The van der Waals surface area contributed by atoms with Crippen LogP contribution < -0.4 is 5.32 Å². The van der Waals surface area contributed by atoms with Crippen LogP contribution in [-0.2, 0) is 7.05 Å². The number of hydrogen-bond acceptors (Lipinski definition) is 4. The van der Waals surface area contributed by atoms with Gasteiger partial charge in [-0.15, -0.1) is 0 Å². The Kier molecular flexibility index (Phi) is 4.03. The molecule has 0 fully saturated rings. The first-order valence-electron chi connectivity index (χ1n) is 7.74. The van der Waals surface area contributed by atoms with Crippen molar-refractivity contribution in [3.05, 3.63) is 72.8 Å². The zero-order valence-corrected chi connectivity index (χ0v) is 14.3. The van der Waals surface area contributed by atoms with Crippen LogP contribution in [0.25, 0.3) is 11.0 Å². The summed E-state index contributed by atoms with van der Waals surface area (Å²) in [5, 5.41) is 4.68. The summed E-state index contributed by atoms with van der Waals surface area (Å²) < 4.78 is 7.54. The zero-order valence-electron chi connectivity index (χ0n) is 13.5. The van der Waals surface area contributed by atoms with Crippen LogP contribution in [0.2, 0.25) is 0 Å². The van der Waals surface area contributed by atoms with Crippen molar-refractivity contribution in [2.75, 3.05) is 5.32 Å². The van der Waals surface area contributed by atoms with E-state index in [0.717, 1.165) is 21.1 Å². The van der Waals surface area contributed by atoms with Crippen LogP contribution in [0.1, 0.15) is 10.6 Å². The zero-order chi connectivity index (χ0) is 17.2. The average molecular weight is 349 g/mol. The van der Waals surface area contributed by atoms with Crippen molar-refractivity contribution in [2.24, 2.45) is 7.05 Å². The highest BCUT2D eigenvalue weighted by Gasteiger charge is 2.12. The SMILES string of the molecule is Cn1ccnc1Sc1ccc(NC(=O)c2cc3ccccc3o2)cc1. The van der Waals surface area contributed by atoms with Crippen molar-refractivity contribution in [3.8, 4) is 0 Å². The van der Waals surface area contributed by atoms with Gasteiger partial charge in [0.1, 0.15) is 5.58 Å². The normalized spacial score (nSPS) is 10.9. The minimum atomic E-state index is -0.263. The molecule has 25 heavy (non-hydrogen) atoms. The van der Waals surface area contributed by atoms with Crippen molar-refractivity contribution in [1.82, 2.24) is 9.55 Å². The number of amides is 1. The Morgan fingerprint density at radius 2 is 1.96 bits per heavy atom. The van der Waals surface area contributed by atoms with Crippen LogP contribution in [-0.4, -0.2) is 15.5 Å². The Bertz CT molecular complexity index is 1000. The van der Waals surface area contributed by atoms with Gasteiger partial charge in [-0.25, -0.2) is 4.98 Å². The van der Waals surface area contributed by atoms with E-state index < -0.39 is 0 Å². The fourth-order valence-corrected chi connectivity index (χ4v) is 3.25. The van der Waals surface area contributed by atoms with Gasteiger partial charge in [-0.3, -0.25) is 4.79 Å². The Balaban J connectivity index is 1.47. The van der Waals surface area contributed by atoms with Gasteiger partial charge >= 0.3 is 0 Å². The second-order valence-electron chi connectivity index (χ2n) is 5.55. The highest BCUT2D eigenvalue weighted by Crippen LogP contribution is 2.27. The number of para-hydroxylation sites is 1. The van der Waals surface area contributed by atoms with Gasteiger partial charge in [0, 0.05) is 35.4 Å². The molecule has 0 aliphatic rings. The first-order valence-corrected chi connectivity index (χ1v) is 8.56. The van der Waals surface area contributed by atoms with Crippen molar-refractivity contribution in [2.45, 2.75) is 10.1 Å². The second kappa shape index (κ2) is 6.49. The van der Waals surface area contributed by atoms with Gasteiger partial charge < -0.3 is 14.3 Å². The number of aromatic nitrogens is 2. The van der Waals surface area contributed by atoms with Gasteiger partial charge in [0.15, 0.2) is 10.9 Å². The maximum atomic E-state index is 12.3. The van der Waals surface area contributed by atoms with E-state index in [-0.39, 0.29) is 5.91 Å². The van der Waals surface area contributed by atoms with Crippen molar-refractivity contribution < 1.29 is 9.21 Å². The molecule has 0 atom stereocenters. The van der Waals surface area contributed by atoms with Crippen LogP contribution in [0.15, 0.2) is 81.5 Å². The van der Waals surface area contributed by atoms with Crippen LogP contribution in [0, 0.1) is 0 Å². The van der Waals surface area contributed by atoms with Gasteiger partial charge in [-0.2, -0.15) is 0 Å². The molecule has 124 valence electrons. The minimum Gasteiger partial charge on any atom is -0.451 e. The number of carbonyl (C=O) groups is 1. The molecule has 2 aromatic carbocycles. The van der Waals surface area contributed by atoms with Crippen LogP contribution >= 0.6 is 11.8 Å². The summed E-state index contributed by atoms with van der Waals surface area (Å²) in [6.45, 7) is 0. The van der Waals surface area contributed by atoms with Gasteiger partial charge in [-0.05, 0) is 36.4 Å². The van der Waals surface area contributed by atoms with Gasteiger partial charge in [0.2, 0.25) is 0 Å². The van der Waals surface area contributed by atoms with E-state index in [0.29, 0.717) is 11.3 Å². The summed E-state index contributed by atoms with van der Waals surface area (Å²) in [6.07, 6.45) is 3.68. The Labute approximate surface area is 148 Å². The number of fused-ring (bicyclic) bond motifs is 1. The summed E-state index contributed by atoms with van der Waals surface area (Å²) in [7, 11) is 1.96. The number of hydrogen-bond donors (Lipinski definition) is 1. The number of nitrogens with one attached hydrogen (secondary N) is 1. The lowest BCUT2D eigenvalue weighted by atomic mass is 10.2. The molecule has 0 spiro atoms.